The molecule has 0 amide bonds. The van der Waals surface area contributed by atoms with E-state index in [1.54, 1.807) is 7.11 Å². The second-order valence-corrected chi connectivity index (χ2v) is 11.2. The average Bonchev–Trinajstić information content (AvgIpc) is 2.90. The lowest BCUT2D eigenvalue weighted by molar-refractivity contribution is -0.209. The fraction of sp³-hybridized carbons (Fsp3) is 0.724. The third-order valence-corrected chi connectivity index (χ3v) is 8.68. The summed E-state index contributed by atoms with van der Waals surface area (Å²) in [5.74, 6) is -1.56. The molecule has 0 bridgehead atoms. The molecule has 0 heterocycles. The van der Waals surface area contributed by atoms with Gasteiger partial charge in [0, 0.05) is 24.2 Å². The molecule has 2 unspecified atom stereocenters. The van der Waals surface area contributed by atoms with Crippen molar-refractivity contribution in [3.8, 4) is 5.75 Å². The monoisotopic (exact) mass is 538 g/mol. The number of nitrogens with one attached hydrogen (secondary N) is 1. The third kappa shape index (κ3) is 7.42. The normalized spacial score (nSPS) is 25.7. The van der Waals surface area contributed by atoms with Crippen LogP contribution in [0.3, 0.4) is 0 Å². The molecule has 1 aromatic rings. The SMILES string of the molecule is COc1cc2c(cc1CNCCC(=O)O)CCC/C2=N\OC[C@@H]1CCC(C2CCCCC2)C(C(F)(F)F)C1. The van der Waals surface area contributed by atoms with Gasteiger partial charge in [-0.3, -0.25) is 4.79 Å². The molecule has 2 N–H and O–H groups in total. The summed E-state index contributed by atoms with van der Waals surface area (Å²) in [5, 5.41) is 16.4. The minimum atomic E-state index is -4.16. The van der Waals surface area contributed by atoms with Gasteiger partial charge in [0.1, 0.15) is 12.4 Å². The Kier molecular flexibility index (Phi) is 9.96. The topological polar surface area (TPSA) is 80.2 Å². The summed E-state index contributed by atoms with van der Waals surface area (Å²) in [6.07, 6.45) is 5.11. The highest BCUT2D eigenvalue weighted by Gasteiger charge is 2.49. The molecule has 3 atom stereocenters. The molecule has 2 saturated carbocycles. The average molecular weight is 539 g/mol. The van der Waals surface area contributed by atoms with Crippen LogP contribution in [0.25, 0.3) is 0 Å². The van der Waals surface area contributed by atoms with E-state index >= 15 is 0 Å². The quantitative estimate of drug-likeness (QED) is 0.263. The Labute approximate surface area is 223 Å². The maximum atomic E-state index is 14.0. The Morgan fingerprint density at radius 3 is 2.61 bits per heavy atom. The minimum Gasteiger partial charge on any atom is -0.496 e. The molecule has 3 aliphatic carbocycles. The fourth-order valence-electron chi connectivity index (χ4n) is 6.73. The molecule has 1 aromatic carbocycles. The van der Waals surface area contributed by atoms with Crippen molar-refractivity contribution in [1.82, 2.24) is 5.32 Å². The molecule has 3 aliphatic rings. The van der Waals surface area contributed by atoms with Crippen LogP contribution < -0.4 is 10.1 Å². The van der Waals surface area contributed by atoms with Gasteiger partial charge in [0.2, 0.25) is 0 Å². The summed E-state index contributed by atoms with van der Waals surface area (Å²) in [6.45, 7) is 1.08. The number of hydrogen-bond donors (Lipinski definition) is 2. The number of nitrogens with zero attached hydrogens (tertiary/aromatic N) is 1. The molecule has 0 spiro atoms. The van der Waals surface area contributed by atoms with Crippen molar-refractivity contribution in [1.29, 1.82) is 0 Å². The third-order valence-electron chi connectivity index (χ3n) is 8.68. The van der Waals surface area contributed by atoms with Gasteiger partial charge in [-0.1, -0.05) is 43.3 Å². The van der Waals surface area contributed by atoms with Crippen molar-refractivity contribution in [3.63, 3.8) is 0 Å². The minimum absolute atomic E-state index is 0.0490. The Morgan fingerprint density at radius 2 is 1.89 bits per heavy atom. The highest BCUT2D eigenvalue weighted by Crippen LogP contribution is 2.49. The zero-order valence-corrected chi connectivity index (χ0v) is 22.3. The predicted molar refractivity (Wildman–Crippen MR) is 139 cm³/mol. The van der Waals surface area contributed by atoms with E-state index in [1.807, 2.05) is 6.07 Å². The molecule has 0 saturated heterocycles. The number of carboxylic acid groups (broad SMARTS) is 1. The van der Waals surface area contributed by atoms with Gasteiger partial charge >= 0.3 is 12.1 Å². The maximum Gasteiger partial charge on any atom is 0.392 e. The largest absolute Gasteiger partial charge is 0.496 e. The van der Waals surface area contributed by atoms with Crippen molar-refractivity contribution in [2.45, 2.75) is 89.8 Å². The molecule has 9 heteroatoms. The van der Waals surface area contributed by atoms with E-state index in [1.165, 1.54) is 0 Å². The lowest BCUT2D eigenvalue weighted by Crippen LogP contribution is -2.40. The number of ether oxygens (including phenoxy) is 1. The number of benzene rings is 1. The first-order valence-corrected chi connectivity index (χ1v) is 14.1. The summed E-state index contributed by atoms with van der Waals surface area (Å²) >= 11 is 0. The first-order chi connectivity index (χ1) is 18.3. The van der Waals surface area contributed by atoms with E-state index in [9.17, 15) is 18.0 Å². The van der Waals surface area contributed by atoms with E-state index < -0.39 is 18.1 Å². The van der Waals surface area contributed by atoms with Crippen LogP contribution in [0.1, 0.15) is 87.3 Å². The summed E-state index contributed by atoms with van der Waals surface area (Å²) in [7, 11) is 1.60. The zero-order valence-electron chi connectivity index (χ0n) is 22.3. The highest BCUT2D eigenvalue weighted by molar-refractivity contribution is 6.02. The van der Waals surface area contributed by atoms with E-state index in [2.05, 4.69) is 16.5 Å². The number of aliphatic carboxylic acids is 1. The van der Waals surface area contributed by atoms with Gasteiger partial charge in [-0.2, -0.15) is 13.2 Å². The first-order valence-electron chi connectivity index (χ1n) is 14.1. The number of carboxylic acids is 1. The van der Waals surface area contributed by atoms with Crippen molar-refractivity contribution in [3.05, 3.63) is 28.8 Å². The van der Waals surface area contributed by atoms with Crippen LogP contribution in [-0.4, -0.2) is 43.2 Å². The molecular formula is C29H41F3N2O4. The molecule has 38 heavy (non-hydrogen) atoms. The van der Waals surface area contributed by atoms with Crippen LogP contribution in [0.5, 0.6) is 5.75 Å². The van der Waals surface area contributed by atoms with E-state index in [0.29, 0.717) is 25.3 Å². The van der Waals surface area contributed by atoms with Crippen molar-refractivity contribution >= 4 is 11.7 Å². The van der Waals surface area contributed by atoms with Gasteiger partial charge in [0.25, 0.3) is 0 Å². The molecule has 0 radical (unpaired) electrons. The predicted octanol–water partition coefficient (Wildman–Crippen LogP) is 6.49. The number of hydrogen-bond acceptors (Lipinski definition) is 5. The number of halogens is 3. The van der Waals surface area contributed by atoms with Crippen LogP contribution in [0, 0.1) is 23.7 Å². The molecule has 2 fully saturated rings. The number of carbonyl (C=O) groups is 1. The van der Waals surface area contributed by atoms with Gasteiger partial charge in [-0.25, -0.2) is 0 Å². The molecule has 6 nitrogen and oxygen atoms in total. The standard InChI is InChI=1S/C29H41F3N2O4/c1-37-27-16-24-21(15-22(27)17-33-13-12-28(35)36)8-5-9-26(24)34-38-18-19-10-11-23(20-6-3-2-4-7-20)25(14-19)29(30,31)32/h15-16,19-20,23,25,33H,2-14,17-18H2,1H3,(H,35,36)/b34-26+/t19-,23?,25?/m1/s1. The number of oxime groups is 1. The van der Waals surface area contributed by atoms with Crippen LogP contribution in [0.15, 0.2) is 17.3 Å². The maximum absolute atomic E-state index is 14.0. The van der Waals surface area contributed by atoms with Crippen LogP contribution in [0.2, 0.25) is 0 Å². The van der Waals surface area contributed by atoms with Gasteiger partial charge < -0.3 is 20.0 Å². The van der Waals surface area contributed by atoms with Gasteiger partial charge in [-0.05, 0) is 67.9 Å². The van der Waals surface area contributed by atoms with Gasteiger partial charge in [0.15, 0.2) is 0 Å². The lowest BCUT2D eigenvalue weighted by Gasteiger charge is -2.42. The lowest BCUT2D eigenvalue weighted by atomic mass is 9.65. The number of aryl methyl sites for hydroxylation is 1. The summed E-state index contributed by atoms with van der Waals surface area (Å²) in [6, 6.07) is 4.01. The van der Waals surface area contributed by atoms with Crippen molar-refractivity contribution in [2.24, 2.45) is 28.8 Å². The molecule has 0 aliphatic heterocycles. The Bertz CT molecular complexity index is 975. The van der Waals surface area contributed by atoms with Crippen LogP contribution >= 0.6 is 0 Å². The van der Waals surface area contributed by atoms with Gasteiger partial charge in [-0.15, -0.1) is 0 Å². The zero-order chi connectivity index (χ0) is 27.1. The van der Waals surface area contributed by atoms with E-state index in [-0.39, 0.29) is 37.2 Å². The number of rotatable bonds is 10. The highest BCUT2D eigenvalue weighted by atomic mass is 19.4. The Hall–Kier alpha value is -2.29. The Morgan fingerprint density at radius 1 is 1.11 bits per heavy atom. The van der Waals surface area contributed by atoms with Crippen LogP contribution in [-0.2, 0) is 22.6 Å². The first kappa shape index (κ1) is 28.7. The van der Waals surface area contributed by atoms with Gasteiger partial charge in [0.05, 0.1) is 25.2 Å². The molecule has 0 aromatic heterocycles. The fourth-order valence-corrected chi connectivity index (χ4v) is 6.73. The van der Waals surface area contributed by atoms with E-state index in [4.69, 9.17) is 14.7 Å². The number of alkyl halides is 3. The number of fused-ring (bicyclic) bond motifs is 1. The summed E-state index contributed by atoms with van der Waals surface area (Å²) in [4.78, 5) is 16.5. The molecule has 212 valence electrons. The summed E-state index contributed by atoms with van der Waals surface area (Å²) < 4.78 is 47.7. The Balaban J connectivity index is 1.38. The summed E-state index contributed by atoms with van der Waals surface area (Å²) in [5.41, 5.74) is 3.83. The number of methoxy groups -OCH3 is 1. The van der Waals surface area contributed by atoms with Crippen LogP contribution in [0.4, 0.5) is 13.2 Å². The molecular weight excluding hydrogens is 497 g/mol. The second kappa shape index (κ2) is 13.2. The van der Waals surface area contributed by atoms with E-state index in [0.717, 1.165) is 80.2 Å². The molecule has 4 rings (SSSR count). The smallest absolute Gasteiger partial charge is 0.392 e. The van der Waals surface area contributed by atoms with Crippen molar-refractivity contribution < 1.29 is 32.6 Å². The van der Waals surface area contributed by atoms with Crippen molar-refractivity contribution in [2.75, 3.05) is 20.3 Å². The second-order valence-electron chi connectivity index (χ2n) is 11.2.